The van der Waals surface area contributed by atoms with E-state index in [1.165, 1.54) is 11.3 Å². The van der Waals surface area contributed by atoms with Crippen LogP contribution in [0.25, 0.3) is 10.6 Å². The van der Waals surface area contributed by atoms with Gasteiger partial charge >= 0.3 is 0 Å². The molecular weight excluding hydrogens is 432 g/mol. The largest absolute Gasteiger partial charge is 0.497 e. The molecule has 3 rings (SSSR count). The van der Waals surface area contributed by atoms with Crippen LogP contribution in [0.1, 0.15) is 19.5 Å². The number of benzene rings is 2. The van der Waals surface area contributed by atoms with Gasteiger partial charge in [0.25, 0.3) is 0 Å². The average molecular weight is 459 g/mol. The monoisotopic (exact) mass is 458 g/mol. The van der Waals surface area contributed by atoms with E-state index in [1.54, 1.807) is 32.1 Å². The topological polar surface area (TPSA) is 68.7 Å². The Kier molecular flexibility index (Phi) is 7.81. The molecule has 0 fully saturated rings. The number of rotatable bonds is 9. The van der Waals surface area contributed by atoms with Gasteiger partial charge in [0.05, 0.1) is 31.2 Å². The van der Waals surface area contributed by atoms with Crippen LogP contribution in [0.5, 0.6) is 11.5 Å². The number of hydrogen-bond acceptors (Lipinski definition) is 6. The standard InChI is InChI=1S/C23H26N2O4S2/c1-5-25(18-9-7-6-8-10-18)23(26)16(2)31(27)15-17-14-30-22(24-17)20-12-11-19(28-3)13-21(20)29-4/h6-14,16H,5,15H2,1-4H3. The van der Waals surface area contributed by atoms with E-state index in [4.69, 9.17) is 9.47 Å². The molecule has 31 heavy (non-hydrogen) atoms. The summed E-state index contributed by atoms with van der Waals surface area (Å²) < 4.78 is 23.6. The molecule has 2 aromatic carbocycles. The number of thiazole rings is 1. The number of hydrogen-bond donors (Lipinski definition) is 0. The van der Waals surface area contributed by atoms with Crippen molar-refractivity contribution in [3.63, 3.8) is 0 Å². The zero-order valence-corrected chi connectivity index (χ0v) is 19.7. The Hall–Kier alpha value is -2.71. The van der Waals surface area contributed by atoms with E-state index in [2.05, 4.69) is 4.98 Å². The number of carbonyl (C=O) groups excluding carboxylic acids is 1. The highest BCUT2D eigenvalue weighted by molar-refractivity contribution is 7.85. The van der Waals surface area contributed by atoms with Crippen LogP contribution in [0.3, 0.4) is 0 Å². The van der Waals surface area contributed by atoms with Gasteiger partial charge in [0.15, 0.2) is 0 Å². The Morgan fingerprint density at radius 3 is 2.55 bits per heavy atom. The summed E-state index contributed by atoms with van der Waals surface area (Å²) in [6.45, 7) is 4.14. The lowest BCUT2D eigenvalue weighted by atomic mass is 10.2. The molecule has 0 saturated heterocycles. The van der Waals surface area contributed by atoms with Gasteiger partial charge in [-0.3, -0.25) is 9.00 Å². The van der Waals surface area contributed by atoms with Crippen molar-refractivity contribution in [3.8, 4) is 22.1 Å². The first kappa shape index (κ1) is 23.0. The van der Waals surface area contributed by atoms with Crippen molar-refractivity contribution in [2.24, 2.45) is 0 Å². The van der Waals surface area contributed by atoms with Crippen LogP contribution in [0.4, 0.5) is 5.69 Å². The molecule has 0 spiro atoms. The predicted octanol–water partition coefficient (Wildman–Crippen LogP) is 4.52. The number of aromatic nitrogens is 1. The van der Waals surface area contributed by atoms with E-state index in [-0.39, 0.29) is 11.7 Å². The Morgan fingerprint density at radius 2 is 1.90 bits per heavy atom. The highest BCUT2D eigenvalue weighted by Gasteiger charge is 2.26. The molecule has 0 aliphatic carbocycles. The lowest BCUT2D eigenvalue weighted by Gasteiger charge is -2.24. The minimum atomic E-state index is -1.40. The van der Waals surface area contributed by atoms with E-state index >= 15 is 0 Å². The number of anilines is 1. The second-order valence-corrected chi connectivity index (χ2v) is 9.41. The van der Waals surface area contributed by atoms with Crippen LogP contribution in [-0.2, 0) is 21.3 Å². The normalized spacial score (nSPS) is 12.8. The fraction of sp³-hybridized carbons (Fsp3) is 0.304. The Labute approximate surface area is 189 Å². The quantitative estimate of drug-likeness (QED) is 0.472. The molecule has 8 heteroatoms. The number of para-hydroxylation sites is 1. The molecule has 0 radical (unpaired) electrons. The third-order valence-electron chi connectivity index (χ3n) is 4.87. The van der Waals surface area contributed by atoms with Gasteiger partial charge in [0, 0.05) is 34.5 Å². The van der Waals surface area contributed by atoms with Crippen molar-refractivity contribution < 1.29 is 18.5 Å². The summed E-state index contributed by atoms with van der Waals surface area (Å²) in [5.41, 5.74) is 2.34. The van der Waals surface area contributed by atoms with Crippen LogP contribution in [-0.4, -0.2) is 41.1 Å². The van der Waals surface area contributed by atoms with Crippen molar-refractivity contribution in [2.45, 2.75) is 24.9 Å². The zero-order valence-electron chi connectivity index (χ0n) is 18.0. The van der Waals surface area contributed by atoms with Crippen LogP contribution in [0.2, 0.25) is 0 Å². The molecular formula is C23H26N2O4S2. The molecule has 0 aliphatic heterocycles. The molecule has 0 saturated carbocycles. The molecule has 3 aromatic rings. The molecule has 0 bridgehead atoms. The predicted molar refractivity (Wildman–Crippen MR) is 126 cm³/mol. The van der Waals surface area contributed by atoms with Crippen molar-refractivity contribution >= 4 is 33.7 Å². The molecule has 164 valence electrons. The smallest absolute Gasteiger partial charge is 0.242 e. The molecule has 0 N–H and O–H groups in total. The summed E-state index contributed by atoms with van der Waals surface area (Å²) in [5, 5.41) is 2.01. The van der Waals surface area contributed by atoms with E-state index < -0.39 is 16.0 Å². The van der Waals surface area contributed by atoms with Gasteiger partial charge in [0.2, 0.25) is 5.91 Å². The van der Waals surface area contributed by atoms with Crippen molar-refractivity contribution in [3.05, 3.63) is 59.6 Å². The first-order chi connectivity index (χ1) is 15.0. The summed E-state index contributed by atoms with van der Waals surface area (Å²) in [5.74, 6) is 1.42. The van der Waals surface area contributed by atoms with Crippen LogP contribution >= 0.6 is 11.3 Å². The van der Waals surface area contributed by atoms with Crippen LogP contribution < -0.4 is 14.4 Å². The van der Waals surface area contributed by atoms with Gasteiger partial charge in [-0.25, -0.2) is 4.98 Å². The van der Waals surface area contributed by atoms with E-state index in [0.717, 1.165) is 16.3 Å². The van der Waals surface area contributed by atoms with Gasteiger partial charge in [-0.2, -0.15) is 0 Å². The maximum Gasteiger partial charge on any atom is 0.242 e. The van der Waals surface area contributed by atoms with Crippen molar-refractivity contribution in [1.29, 1.82) is 0 Å². The second-order valence-electron chi connectivity index (χ2n) is 6.80. The fourth-order valence-corrected chi connectivity index (χ4v) is 5.14. The maximum atomic E-state index is 13.0. The van der Waals surface area contributed by atoms with E-state index in [1.807, 2.05) is 54.8 Å². The summed E-state index contributed by atoms with van der Waals surface area (Å²) in [6, 6.07) is 15.0. The molecule has 6 nitrogen and oxygen atoms in total. The van der Waals surface area contributed by atoms with E-state index in [0.29, 0.717) is 23.7 Å². The SMILES string of the molecule is CCN(C(=O)C(C)S(=O)Cc1csc(-c2ccc(OC)cc2OC)n1)c1ccccc1. The number of carbonyl (C=O) groups is 1. The highest BCUT2D eigenvalue weighted by atomic mass is 32.2. The summed E-state index contributed by atoms with van der Waals surface area (Å²) >= 11 is 1.45. The number of nitrogens with zero attached hydrogens (tertiary/aromatic N) is 2. The third kappa shape index (κ3) is 5.32. The van der Waals surface area contributed by atoms with Crippen LogP contribution in [0.15, 0.2) is 53.9 Å². The third-order valence-corrected chi connectivity index (χ3v) is 7.37. The van der Waals surface area contributed by atoms with Crippen molar-refractivity contribution in [1.82, 2.24) is 4.98 Å². The van der Waals surface area contributed by atoms with Gasteiger partial charge in [-0.05, 0) is 38.1 Å². The number of amides is 1. The highest BCUT2D eigenvalue weighted by Crippen LogP contribution is 2.35. The molecule has 0 aliphatic rings. The second kappa shape index (κ2) is 10.5. The lowest BCUT2D eigenvalue weighted by molar-refractivity contribution is -0.117. The molecule has 1 heterocycles. The summed E-state index contributed by atoms with van der Waals surface area (Å²) in [7, 11) is 1.81. The Morgan fingerprint density at radius 1 is 1.16 bits per heavy atom. The zero-order chi connectivity index (χ0) is 22.4. The minimum Gasteiger partial charge on any atom is -0.497 e. The summed E-state index contributed by atoms with van der Waals surface area (Å²) in [4.78, 5) is 19.3. The van der Waals surface area contributed by atoms with Gasteiger partial charge in [-0.1, -0.05) is 18.2 Å². The van der Waals surface area contributed by atoms with Gasteiger partial charge in [0.1, 0.15) is 21.8 Å². The fourth-order valence-electron chi connectivity index (χ4n) is 3.15. The molecule has 2 atom stereocenters. The van der Waals surface area contributed by atoms with Crippen molar-refractivity contribution in [2.75, 3.05) is 25.7 Å². The minimum absolute atomic E-state index is 0.153. The number of methoxy groups -OCH3 is 2. The lowest BCUT2D eigenvalue weighted by Crippen LogP contribution is -2.40. The average Bonchev–Trinajstić information content (AvgIpc) is 3.27. The van der Waals surface area contributed by atoms with Gasteiger partial charge in [-0.15, -0.1) is 11.3 Å². The Bertz CT molecular complexity index is 1050. The maximum absolute atomic E-state index is 13.0. The van der Waals surface area contributed by atoms with Crippen LogP contribution in [0, 0.1) is 0 Å². The molecule has 1 aromatic heterocycles. The molecule has 1 amide bonds. The summed E-state index contributed by atoms with van der Waals surface area (Å²) in [6.07, 6.45) is 0. The number of ether oxygens (including phenoxy) is 2. The Balaban J connectivity index is 1.73. The molecule has 2 unspecified atom stereocenters. The first-order valence-electron chi connectivity index (χ1n) is 9.88. The van der Waals surface area contributed by atoms with Gasteiger partial charge < -0.3 is 14.4 Å². The first-order valence-corrected chi connectivity index (χ1v) is 12.1. The van der Waals surface area contributed by atoms with E-state index in [9.17, 15) is 9.00 Å².